The van der Waals surface area contributed by atoms with Gasteiger partial charge < -0.3 is 4.90 Å². The maximum absolute atomic E-state index is 13.1. The van der Waals surface area contributed by atoms with Gasteiger partial charge in [0.1, 0.15) is 12.4 Å². The summed E-state index contributed by atoms with van der Waals surface area (Å²) in [7, 11) is -1.05. The van der Waals surface area contributed by atoms with Crippen LogP contribution in [0, 0.1) is 11.7 Å². The average Bonchev–Trinajstić information content (AvgIpc) is 2.53. The molecule has 0 spiro atoms. The summed E-state index contributed by atoms with van der Waals surface area (Å²) in [6, 6.07) is 5.09. The number of benzene rings is 1. The Bertz CT molecular complexity index is 676. The van der Waals surface area contributed by atoms with Crippen LogP contribution in [0.25, 0.3) is 0 Å². The van der Waals surface area contributed by atoms with Gasteiger partial charge in [0.15, 0.2) is 0 Å². The molecular weight excluding hydrogens is 333 g/mol. The molecule has 1 fully saturated rings. The molecule has 1 amide bonds. The van der Waals surface area contributed by atoms with Gasteiger partial charge in [-0.05, 0) is 43.0 Å². The number of hydrogen-bond acceptors (Lipinski definition) is 3. The maximum Gasteiger partial charge on any atom is 0.304 e. The molecular formula is C16H24FN3O3S. The van der Waals surface area contributed by atoms with Crippen molar-refractivity contribution in [3.8, 4) is 0 Å². The standard InChI is InChI=1S/C16H24FN3O3S/c1-13-5-4-10-19(11-13)16(21)12-20(24(22,23)18(2)3)15-8-6-14(17)7-9-15/h6-9,13H,4-5,10-12H2,1-3H3/t13-/m0/s1. The van der Waals surface area contributed by atoms with Crippen LogP contribution >= 0.6 is 0 Å². The van der Waals surface area contributed by atoms with Crippen molar-refractivity contribution < 1.29 is 17.6 Å². The lowest BCUT2D eigenvalue weighted by Gasteiger charge is -2.34. The smallest absolute Gasteiger partial charge is 0.304 e. The molecule has 0 bridgehead atoms. The number of carbonyl (C=O) groups excluding carboxylic acids is 1. The van der Waals surface area contributed by atoms with Crippen molar-refractivity contribution in [2.24, 2.45) is 5.92 Å². The predicted octanol–water partition coefficient (Wildman–Crippen LogP) is 1.70. The Balaban J connectivity index is 2.26. The Hall–Kier alpha value is -1.67. The van der Waals surface area contributed by atoms with Gasteiger partial charge in [-0.3, -0.25) is 4.79 Å². The van der Waals surface area contributed by atoms with Gasteiger partial charge in [0.05, 0.1) is 5.69 Å². The largest absolute Gasteiger partial charge is 0.341 e. The van der Waals surface area contributed by atoms with Crippen molar-refractivity contribution in [1.29, 1.82) is 0 Å². The van der Waals surface area contributed by atoms with E-state index < -0.39 is 16.0 Å². The summed E-state index contributed by atoms with van der Waals surface area (Å²) in [6.07, 6.45) is 1.99. The third kappa shape index (κ3) is 4.24. The summed E-state index contributed by atoms with van der Waals surface area (Å²) in [4.78, 5) is 14.3. The summed E-state index contributed by atoms with van der Waals surface area (Å²) in [5.74, 6) is -0.291. The van der Waals surface area contributed by atoms with Gasteiger partial charge in [0.25, 0.3) is 0 Å². The first kappa shape index (κ1) is 18.7. The molecule has 1 aromatic carbocycles. The van der Waals surface area contributed by atoms with E-state index in [0.717, 1.165) is 21.5 Å². The molecule has 24 heavy (non-hydrogen) atoms. The molecule has 1 atom stereocenters. The highest BCUT2D eigenvalue weighted by atomic mass is 32.2. The summed E-state index contributed by atoms with van der Waals surface area (Å²) in [5, 5.41) is 0. The first-order chi connectivity index (χ1) is 11.2. The van der Waals surface area contributed by atoms with E-state index in [1.54, 1.807) is 4.90 Å². The minimum atomic E-state index is -3.86. The van der Waals surface area contributed by atoms with Gasteiger partial charge in [-0.1, -0.05) is 6.92 Å². The normalized spacial score (nSPS) is 18.7. The van der Waals surface area contributed by atoms with Crippen LogP contribution in [0.5, 0.6) is 0 Å². The molecule has 0 N–H and O–H groups in total. The zero-order chi connectivity index (χ0) is 17.9. The van der Waals surface area contributed by atoms with Crippen LogP contribution in [0.1, 0.15) is 19.8 Å². The van der Waals surface area contributed by atoms with Crippen LogP contribution in [0.4, 0.5) is 10.1 Å². The van der Waals surface area contributed by atoms with Gasteiger partial charge in [-0.2, -0.15) is 12.7 Å². The highest BCUT2D eigenvalue weighted by Gasteiger charge is 2.30. The fourth-order valence-electron chi connectivity index (χ4n) is 2.75. The summed E-state index contributed by atoms with van der Waals surface area (Å²) in [6.45, 7) is 3.06. The average molecular weight is 357 g/mol. The van der Waals surface area contributed by atoms with Crippen molar-refractivity contribution >= 4 is 21.8 Å². The van der Waals surface area contributed by atoms with Gasteiger partial charge in [-0.15, -0.1) is 0 Å². The van der Waals surface area contributed by atoms with Crippen molar-refractivity contribution in [3.63, 3.8) is 0 Å². The molecule has 0 aromatic heterocycles. The molecule has 1 heterocycles. The molecule has 0 radical (unpaired) electrons. The lowest BCUT2D eigenvalue weighted by molar-refractivity contribution is -0.131. The Labute approximate surface area is 143 Å². The van der Waals surface area contributed by atoms with Gasteiger partial charge in [0, 0.05) is 27.2 Å². The zero-order valence-electron chi connectivity index (χ0n) is 14.3. The molecule has 1 saturated heterocycles. The summed E-state index contributed by atoms with van der Waals surface area (Å²) >= 11 is 0. The minimum absolute atomic E-state index is 0.240. The molecule has 0 saturated carbocycles. The van der Waals surface area contributed by atoms with E-state index in [9.17, 15) is 17.6 Å². The Morgan fingerprint density at radius 1 is 1.29 bits per heavy atom. The van der Waals surface area contributed by atoms with Crippen LogP contribution in [-0.4, -0.2) is 57.3 Å². The fourth-order valence-corrected chi connectivity index (χ4v) is 3.81. The minimum Gasteiger partial charge on any atom is -0.341 e. The van der Waals surface area contributed by atoms with E-state index in [0.29, 0.717) is 19.0 Å². The van der Waals surface area contributed by atoms with E-state index in [1.165, 1.54) is 38.4 Å². The fraction of sp³-hybridized carbons (Fsp3) is 0.562. The number of hydrogen-bond donors (Lipinski definition) is 0. The predicted molar refractivity (Wildman–Crippen MR) is 91.3 cm³/mol. The molecule has 6 nitrogen and oxygen atoms in total. The second kappa shape index (κ2) is 7.48. The second-order valence-corrected chi connectivity index (χ2v) is 8.43. The number of carbonyl (C=O) groups is 1. The highest BCUT2D eigenvalue weighted by molar-refractivity contribution is 7.90. The molecule has 0 unspecified atom stereocenters. The van der Waals surface area contributed by atoms with Crippen molar-refractivity contribution in [1.82, 2.24) is 9.21 Å². The molecule has 1 aromatic rings. The van der Waals surface area contributed by atoms with Gasteiger partial charge >= 0.3 is 10.2 Å². The lowest BCUT2D eigenvalue weighted by atomic mass is 10.0. The number of halogens is 1. The Kier molecular flexibility index (Phi) is 5.82. The molecule has 134 valence electrons. The molecule has 1 aliphatic heterocycles. The zero-order valence-corrected chi connectivity index (χ0v) is 15.1. The van der Waals surface area contributed by atoms with Crippen molar-refractivity contribution in [2.75, 3.05) is 38.0 Å². The monoisotopic (exact) mass is 357 g/mol. The van der Waals surface area contributed by atoms with Crippen LogP contribution in [0.3, 0.4) is 0 Å². The number of nitrogens with zero attached hydrogens (tertiary/aromatic N) is 3. The van der Waals surface area contributed by atoms with E-state index in [2.05, 4.69) is 6.92 Å². The van der Waals surface area contributed by atoms with E-state index >= 15 is 0 Å². The molecule has 2 rings (SSSR count). The number of piperidine rings is 1. The quantitative estimate of drug-likeness (QED) is 0.806. The van der Waals surface area contributed by atoms with Crippen molar-refractivity contribution in [2.45, 2.75) is 19.8 Å². The molecule has 1 aliphatic rings. The SMILES string of the molecule is C[C@H]1CCCN(C(=O)CN(c2ccc(F)cc2)S(=O)(=O)N(C)C)C1. The van der Waals surface area contributed by atoms with E-state index in [4.69, 9.17) is 0 Å². The third-order valence-corrected chi connectivity index (χ3v) is 5.96. The van der Waals surface area contributed by atoms with Crippen LogP contribution in [-0.2, 0) is 15.0 Å². The van der Waals surface area contributed by atoms with Crippen molar-refractivity contribution in [3.05, 3.63) is 30.1 Å². The van der Waals surface area contributed by atoms with Crippen LogP contribution < -0.4 is 4.31 Å². The Morgan fingerprint density at radius 2 is 1.92 bits per heavy atom. The lowest BCUT2D eigenvalue weighted by Crippen LogP contribution is -2.49. The van der Waals surface area contributed by atoms with E-state index in [-0.39, 0.29) is 18.1 Å². The third-order valence-electron chi connectivity index (χ3n) is 4.14. The van der Waals surface area contributed by atoms with Crippen LogP contribution in [0.2, 0.25) is 0 Å². The number of anilines is 1. The van der Waals surface area contributed by atoms with Gasteiger partial charge in [-0.25, -0.2) is 8.70 Å². The van der Waals surface area contributed by atoms with E-state index in [1.807, 2.05) is 0 Å². The first-order valence-electron chi connectivity index (χ1n) is 7.95. The number of likely N-dealkylation sites (tertiary alicyclic amines) is 1. The van der Waals surface area contributed by atoms with Crippen LogP contribution in [0.15, 0.2) is 24.3 Å². The first-order valence-corrected chi connectivity index (χ1v) is 9.35. The van der Waals surface area contributed by atoms with Gasteiger partial charge in [0.2, 0.25) is 5.91 Å². The summed E-state index contributed by atoms with van der Waals surface area (Å²) in [5.41, 5.74) is 0.267. The second-order valence-electron chi connectivity index (χ2n) is 6.36. The maximum atomic E-state index is 13.1. The number of rotatable bonds is 5. The molecule has 0 aliphatic carbocycles. The topological polar surface area (TPSA) is 60.9 Å². The Morgan fingerprint density at radius 3 is 2.46 bits per heavy atom. The summed E-state index contributed by atoms with van der Waals surface area (Å²) < 4.78 is 40.4. The highest BCUT2D eigenvalue weighted by Crippen LogP contribution is 2.21. The molecule has 8 heteroatoms. The number of amides is 1.